The van der Waals surface area contributed by atoms with Crippen molar-refractivity contribution < 1.29 is 102 Å². The third-order valence-corrected chi connectivity index (χ3v) is 3.42. The fourth-order valence-corrected chi connectivity index (χ4v) is 3.51. The van der Waals surface area contributed by atoms with E-state index in [1.165, 1.54) is 0 Å². The molecule has 0 aliphatic heterocycles. The summed E-state index contributed by atoms with van der Waals surface area (Å²) in [5.41, 5.74) is 0. The van der Waals surface area contributed by atoms with Gasteiger partial charge in [0, 0.05) is 0 Å². The maximum atomic E-state index is 10.5. The Bertz CT molecular complexity index is 314. The largest absolute Gasteiger partial charge is 1.00 e. The Balaban J connectivity index is -0.00000112. The first-order chi connectivity index (χ1) is 6.79. The van der Waals surface area contributed by atoms with E-state index in [1.54, 1.807) is 0 Å². The van der Waals surface area contributed by atoms with Gasteiger partial charge in [-0.25, -0.2) is 0 Å². The molecule has 4 N–H and O–H groups in total. The summed E-state index contributed by atoms with van der Waals surface area (Å²) in [5, 5.41) is 0. The van der Waals surface area contributed by atoms with Gasteiger partial charge in [0.1, 0.15) is 21.5 Å². The van der Waals surface area contributed by atoms with Crippen LogP contribution in [0.15, 0.2) is 0 Å². The second kappa shape index (κ2) is 9.43. The molecule has 10 nitrogen and oxygen atoms in total. The van der Waals surface area contributed by atoms with Crippen LogP contribution in [0.3, 0.4) is 0 Å². The minimum absolute atomic E-state index is 0. The molecule has 0 bridgehead atoms. The molecule has 0 saturated carbocycles. The molecule has 0 aliphatic rings. The van der Waals surface area contributed by atoms with Gasteiger partial charge in [-0.15, -0.1) is 0 Å². The molecule has 0 amide bonds. The molecule has 0 saturated heterocycles. The van der Waals surface area contributed by atoms with Crippen molar-refractivity contribution in [2.24, 2.45) is 0 Å². The van der Waals surface area contributed by atoms with Gasteiger partial charge in [0.15, 0.2) is 0 Å². The fourth-order valence-electron chi connectivity index (χ4n) is 0.900. The Morgan fingerprint density at radius 3 is 1.22 bits per heavy atom. The smallest absolute Gasteiger partial charge is 0.778 e. The van der Waals surface area contributed by atoms with Crippen molar-refractivity contribution in [3.8, 4) is 0 Å². The molecule has 0 spiro atoms. The van der Waals surface area contributed by atoms with Crippen LogP contribution in [0, 0.1) is 0 Å². The molecule has 0 aromatic heterocycles. The SMILES string of the molecule is O=P([O-])(O)CN(CP(=O)([O-])O)CP(=O)(O)O.[Na+].[Na+]. The summed E-state index contributed by atoms with van der Waals surface area (Å²) in [6.07, 6.45) is -3.79. The van der Waals surface area contributed by atoms with Gasteiger partial charge in [0.05, 0.1) is 12.6 Å². The average molecular weight is 343 g/mol. The molecule has 0 aliphatic carbocycles. The van der Waals surface area contributed by atoms with Crippen molar-refractivity contribution >= 4 is 22.8 Å². The zero-order chi connectivity index (χ0) is 13.2. The quantitative estimate of drug-likeness (QED) is 0.267. The Morgan fingerprint density at radius 1 is 0.778 bits per heavy atom. The van der Waals surface area contributed by atoms with E-state index in [-0.39, 0.29) is 64.0 Å². The topological polar surface area (TPSA) is 181 Å². The van der Waals surface area contributed by atoms with Crippen LogP contribution in [0.4, 0.5) is 0 Å². The molecule has 0 aromatic rings. The molecule has 0 heterocycles. The second-order valence-corrected chi connectivity index (χ2v) is 7.76. The number of hydrogen-bond donors (Lipinski definition) is 4. The molecule has 0 aromatic carbocycles. The summed E-state index contributed by atoms with van der Waals surface area (Å²) >= 11 is 0. The van der Waals surface area contributed by atoms with Gasteiger partial charge in [0.25, 0.3) is 0 Å². The summed E-state index contributed by atoms with van der Waals surface area (Å²) in [6.45, 7) is 0. The second-order valence-electron chi connectivity index (χ2n) is 3.03. The van der Waals surface area contributed by atoms with Crippen molar-refractivity contribution in [3.05, 3.63) is 0 Å². The van der Waals surface area contributed by atoms with Crippen molar-refractivity contribution in [2.45, 2.75) is 0 Å². The van der Waals surface area contributed by atoms with Crippen LogP contribution in [0.2, 0.25) is 0 Å². The first-order valence-electron chi connectivity index (χ1n) is 3.61. The van der Waals surface area contributed by atoms with Gasteiger partial charge in [-0.05, 0) is 0 Å². The predicted octanol–water partition coefficient (Wildman–Crippen LogP) is -8.56. The van der Waals surface area contributed by atoms with Crippen LogP contribution in [0.5, 0.6) is 0 Å². The van der Waals surface area contributed by atoms with Crippen molar-refractivity contribution in [1.29, 1.82) is 0 Å². The standard InChI is InChI=1S/C3H12NO9P3.2Na/c5-14(6,7)1-4(2-15(8,9)10)3-16(11,12)13;;/h1-3H2,(H2,5,6,7)(H2,8,9,10)(H2,11,12,13);;/q;2*+1/p-2. The summed E-state index contributed by atoms with van der Waals surface area (Å²) in [6, 6.07) is 0. The Kier molecular flexibility index (Phi) is 13.3. The molecular weight excluding hydrogens is 333 g/mol. The molecule has 0 radical (unpaired) electrons. The maximum Gasteiger partial charge on any atom is 1.00 e. The van der Waals surface area contributed by atoms with E-state index in [1.807, 2.05) is 0 Å². The number of hydrogen-bond acceptors (Lipinski definition) is 6. The molecule has 0 fully saturated rings. The minimum Gasteiger partial charge on any atom is -0.778 e. The first kappa shape index (κ1) is 25.4. The normalized spacial score (nSPS) is 18.2. The molecule has 2 atom stereocenters. The maximum absolute atomic E-state index is 10.5. The van der Waals surface area contributed by atoms with Gasteiger partial charge in [-0.2, -0.15) is 0 Å². The van der Waals surface area contributed by atoms with Crippen LogP contribution in [0.1, 0.15) is 0 Å². The predicted molar refractivity (Wildman–Crippen MR) is 48.1 cm³/mol. The van der Waals surface area contributed by atoms with E-state index in [2.05, 4.69) is 0 Å². The van der Waals surface area contributed by atoms with E-state index in [9.17, 15) is 23.5 Å². The van der Waals surface area contributed by atoms with Crippen LogP contribution in [-0.4, -0.2) is 43.3 Å². The number of rotatable bonds is 6. The van der Waals surface area contributed by atoms with E-state index >= 15 is 0 Å². The van der Waals surface area contributed by atoms with E-state index < -0.39 is 41.6 Å². The fraction of sp³-hybridized carbons (Fsp3) is 1.00. The van der Waals surface area contributed by atoms with Crippen LogP contribution >= 0.6 is 22.8 Å². The summed E-state index contributed by atoms with van der Waals surface area (Å²) in [7, 11) is -14.6. The molecule has 18 heavy (non-hydrogen) atoms. The van der Waals surface area contributed by atoms with E-state index in [4.69, 9.17) is 19.6 Å². The van der Waals surface area contributed by atoms with Crippen LogP contribution in [-0.2, 0) is 13.7 Å². The molecule has 15 heteroatoms. The molecular formula is C3H10NNa2O9P3. The minimum atomic E-state index is -4.93. The van der Waals surface area contributed by atoms with Gasteiger partial charge in [-0.3, -0.25) is 9.46 Å². The summed E-state index contributed by atoms with van der Waals surface area (Å²) < 4.78 is 31.4. The molecule has 2 unspecified atom stereocenters. The summed E-state index contributed by atoms with van der Waals surface area (Å²) in [5.74, 6) is 0. The van der Waals surface area contributed by atoms with Gasteiger partial charge < -0.3 is 38.5 Å². The van der Waals surface area contributed by atoms with Crippen molar-refractivity contribution in [3.63, 3.8) is 0 Å². The molecule has 98 valence electrons. The van der Waals surface area contributed by atoms with E-state index in [0.717, 1.165) is 0 Å². The Hall–Kier alpha value is 2.41. The van der Waals surface area contributed by atoms with Crippen LogP contribution < -0.4 is 68.9 Å². The Morgan fingerprint density at radius 2 is 1.06 bits per heavy atom. The summed E-state index contributed by atoms with van der Waals surface area (Å²) in [4.78, 5) is 54.9. The van der Waals surface area contributed by atoms with Crippen molar-refractivity contribution in [2.75, 3.05) is 18.9 Å². The number of nitrogens with zero attached hydrogens (tertiary/aromatic N) is 1. The van der Waals surface area contributed by atoms with Gasteiger partial charge >= 0.3 is 66.7 Å². The first-order valence-corrected chi connectivity index (χ1v) is 8.93. The monoisotopic (exact) mass is 343 g/mol. The van der Waals surface area contributed by atoms with E-state index in [0.29, 0.717) is 0 Å². The van der Waals surface area contributed by atoms with Crippen LogP contribution in [0.25, 0.3) is 0 Å². The van der Waals surface area contributed by atoms with Gasteiger partial charge in [0.2, 0.25) is 0 Å². The Labute approximate surface area is 147 Å². The van der Waals surface area contributed by atoms with Crippen molar-refractivity contribution in [1.82, 2.24) is 4.90 Å². The molecule has 0 rings (SSSR count). The van der Waals surface area contributed by atoms with Gasteiger partial charge in [-0.1, -0.05) is 0 Å². The average Bonchev–Trinajstić information content (AvgIpc) is 1.70. The zero-order valence-corrected chi connectivity index (χ0v) is 16.4. The zero-order valence-electron chi connectivity index (χ0n) is 9.74. The third kappa shape index (κ3) is 18.4. The third-order valence-electron chi connectivity index (χ3n) is 1.14.